The van der Waals surface area contributed by atoms with Gasteiger partial charge in [-0.25, -0.2) is 0 Å². The van der Waals surface area contributed by atoms with Crippen molar-refractivity contribution in [1.29, 1.82) is 0 Å². The van der Waals surface area contributed by atoms with E-state index in [0.717, 1.165) is 29.7 Å². The highest BCUT2D eigenvalue weighted by Gasteiger charge is 2.08. The second kappa shape index (κ2) is 7.45. The molecule has 0 fully saturated rings. The van der Waals surface area contributed by atoms with Gasteiger partial charge >= 0.3 is 0 Å². The number of benzene rings is 1. The fourth-order valence-corrected chi connectivity index (χ4v) is 1.95. The lowest BCUT2D eigenvalue weighted by atomic mass is 10.2. The highest BCUT2D eigenvalue weighted by atomic mass is 79.9. The van der Waals surface area contributed by atoms with E-state index in [1.54, 1.807) is 6.07 Å². The van der Waals surface area contributed by atoms with E-state index in [4.69, 9.17) is 0 Å². The molecule has 0 aliphatic carbocycles. The lowest BCUT2D eigenvalue weighted by Gasteiger charge is -2.14. The molecule has 0 spiro atoms. The number of nitro groups is 1. The van der Waals surface area contributed by atoms with Gasteiger partial charge in [-0.3, -0.25) is 10.1 Å². The summed E-state index contributed by atoms with van der Waals surface area (Å²) in [7, 11) is 2.07. The van der Waals surface area contributed by atoms with Crippen molar-refractivity contribution in [2.45, 2.75) is 13.5 Å². The standard InChI is InChI=1S/C12H18BrN3O2/c1-3-15(2)7-6-14-9-10-4-5-11(16(17)18)8-12(10)13/h4-5,8,14H,3,6-7,9H2,1-2H3. The van der Waals surface area contributed by atoms with Gasteiger partial charge in [-0.15, -0.1) is 0 Å². The predicted octanol–water partition coefficient (Wildman–Crippen LogP) is 2.40. The van der Waals surface area contributed by atoms with Gasteiger partial charge in [-0.2, -0.15) is 0 Å². The van der Waals surface area contributed by atoms with Crippen LogP contribution in [0.15, 0.2) is 22.7 Å². The number of hydrogen-bond donors (Lipinski definition) is 1. The average Bonchev–Trinajstić information content (AvgIpc) is 2.35. The van der Waals surface area contributed by atoms with Crippen LogP contribution in [0.1, 0.15) is 12.5 Å². The summed E-state index contributed by atoms with van der Waals surface area (Å²) in [5.74, 6) is 0. The highest BCUT2D eigenvalue weighted by Crippen LogP contribution is 2.22. The molecule has 0 saturated heterocycles. The van der Waals surface area contributed by atoms with E-state index in [-0.39, 0.29) is 5.69 Å². The van der Waals surface area contributed by atoms with Crippen LogP contribution in [0.3, 0.4) is 0 Å². The molecule has 0 aliphatic heterocycles. The molecule has 0 saturated carbocycles. The topological polar surface area (TPSA) is 58.4 Å². The summed E-state index contributed by atoms with van der Waals surface area (Å²) in [4.78, 5) is 12.4. The highest BCUT2D eigenvalue weighted by molar-refractivity contribution is 9.10. The van der Waals surface area contributed by atoms with E-state index in [1.165, 1.54) is 12.1 Å². The molecule has 6 heteroatoms. The van der Waals surface area contributed by atoms with Crippen LogP contribution in [0.4, 0.5) is 5.69 Å². The first-order chi connectivity index (χ1) is 8.54. The zero-order chi connectivity index (χ0) is 13.5. The molecule has 0 unspecified atom stereocenters. The molecule has 0 bridgehead atoms. The Morgan fingerprint density at radius 3 is 2.78 bits per heavy atom. The number of halogens is 1. The molecule has 0 radical (unpaired) electrons. The van der Waals surface area contributed by atoms with Gasteiger partial charge in [-0.05, 0) is 25.2 Å². The second-order valence-corrected chi connectivity index (χ2v) is 4.96. The molecule has 0 aliphatic rings. The van der Waals surface area contributed by atoms with Crippen LogP contribution in [0.25, 0.3) is 0 Å². The normalized spacial score (nSPS) is 10.9. The summed E-state index contributed by atoms with van der Waals surface area (Å²) in [6, 6.07) is 4.84. The number of nitrogens with one attached hydrogen (secondary N) is 1. The maximum absolute atomic E-state index is 10.6. The second-order valence-electron chi connectivity index (χ2n) is 4.11. The van der Waals surface area contributed by atoms with Gasteiger partial charge < -0.3 is 10.2 Å². The summed E-state index contributed by atoms with van der Waals surface area (Å²) in [5.41, 5.74) is 1.14. The largest absolute Gasteiger partial charge is 0.311 e. The van der Waals surface area contributed by atoms with Crippen molar-refractivity contribution in [2.75, 3.05) is 26.7 Å². The lowest BCUT2D eigenvalue weighted by Crippen LogP contribution is -2.28. The molecule has 0 amide bonds. The molecular weight excluding hydrogens is 298 g/mol. The third-order valence-corrected chi connectivity index (χ3v) is 3.51. The van der Waals surface area contributed by atoms with Gasteiger partial charge in [0.15, 0.2) is 0 Å². The van der Waals surface area contributed by atoms with Crippen LogP contribution in [0.2, 0.25) is 0 Å². The maximum Gasteiger partial charge on any atom is 0.270 e. The predicted molar refractivity (Wildman–Crippen MR) is 75.7 cm³/mol. The molecule has 0 heterocycles. The molecule has 1 N–H and O–H groups in total. The van der Waals surface area contributed by atoms with E-state index >= 15 is 0 Å². The Bertz CT molecular complexity index is 412. The van der Waals surface area contributed by atoms with Gasteiger partial charge in [0, 0.05) is 36.2 Å². The summed E-state index contributed by atoms with van der Waals surface area (Å²) in [6.07, 6.45) is 0. The minimum Gasteiger partial charge on any atom is -0.311 e. The summed E-state index contributed by atoms with van der Waals surface area (Å²) in [6.45, 7) is 5.74. The average molecular weight is 316 g/mol. The molecule has 0 atom stereocenters. The first-order valence-corrected chi connectivity index (χ1v) is 6.66. The van der Waals surface area contributed by atoms with E-state index < -0.39 is 4.92 Å². The number of non-ortho nitro benzene ring substituents is 1. The molecule has 100 valence electrons. The minimum atomic E-state index is -0.391. The van der Waals surface area contributed by atoms with E-state index in [9.17, 15) is 10.1 Å². The van der Waals surface area contributed by atoms with Gasteiger partial charge in [0.25, 0.3) is 5.69 Å². The van der Waals surface area contributed by atoms with Crippen molar-refractivity contribution in [3.63, 3.8) is 0 Å². The maximum atomic E-state index is 10.6. The van der Waals surface area contributed by atoms with Gasteiger partial charge in [-0.1, -0.05) is 22.9 Å². The van der Waals surface area contributed by atoms with E-state index in [2.05, 4.69) is 40.1 Å². The van der Waals surface area contributed by atoms with Crippen molar-refractivity contribution in [3.8, 4) is 0 Å². The first-order valence-electron chi connectivity index (χ1n) is 5.86. The first kappa shape index (κ1) is 15.1. The monoisotopic (exact) mass is 315 g/mol. The Morgan fingerprint density at radius 2 is 2.22 bits per heavy atom. The van der Waals surface area contributed by atoms with Crippen LogP contribution in [-0.2, 0) is 6.54 Å². The molecule has 1 aromatic rings. The zero-order valence-electron chi connectivity index (χ0n) is 10.6. The van der Waals surface area contributed by atoms with Crippen molar-refractivity contribution in [1.82, 2.24) is 10.2 Å². The van der Waals surface area contributed by atoms with Gasteiger partial charge in [0.2, 0.25) is 0 Å². The fourth-order valence-electron chi connectivity index (χ4n) is 1.44. The minimum absolute atomic E-state index is 0.108. The van der Waals surface area contributed by atoms with Crippen LogP contribution < -0.4 is 5.32 Å². The van der Waals surface area contributed by atoms with Crippen LogP contribution in [0.5, 0.6) is 0 Å². The Balaban J connectivity index is 2.46. The van der Waals surface area contributed by atoms with Crippen molar-refractivity contribution in [3.05, 3.63) is 38.3 Å². The number of nitrogens with zero attached hydrogens (tertiary/aromatic N) is 2. The fraction of sp³-hybridized carbons (Fsp3) is 0.500. The van der Waals surface area contributed by atoms with E-state index in [1.807, 2.05) is 0 Å². The zero-order valence-corrected chi connectivity index (χ0v) is 12.2. The Hall–Kier alpha value is -0.980. The molecule has 1 aromatic carbocycles. The Morgan fingerprint density at radius 1 is 1.50 bits per heavy atom. The third kappa shape index (κ3) is 4.72. The van der Waals surface area contributed by atoms with E-state index in [0.29, 0.717) is 6.54 Å². The Kier molecular flexibility index (Phi) is 6.24. The molecule has 18 heavy (non-hydrogen) atoms. The molecule has 5 nitrogen and oxygen atoms in total. The van der Waals surface area contributed by atoms with Crippen molar-refractivity contribution < 1.29 is 4.92 Å². The summed E-state index contributed by atoms with van der Waals surface area (Å²) >= 11 is 3.36. The summed E-state index contributed by atoms with van der Waals surface area (Å²) < 4.78 is 0.771. The van der Waals surface area contributed by atoms with Crippen molar-refractivity contribution >= 4 is 21.6 Å². The van der Waals surface area contributed by atoms with Gasteiger partial charge in [0.1, 0.15) is 0 Å². The smallest absolute Gasteiger partial charge is 0.270 e. The molecular formula is C12H18BrN3O2. The third-order valence-electron chi connectivity index (χ3n) is 2.77. The molecule has 1 rings (SSSR count). The van der Waals surface area contributed by atoms with Gasteiger partial charge in [0.05, 0.1) is 4.92 Å². The molecule has 0 aromatic heterocycles. The summed E-state index contributed by atoms with van der Waals surface area (Å²) in [5, 5.41) is 13.9. The van der Waals surface area contributed by atoms with Crippen molar-refractivity contribution in [2.24, 2.45) is 0 Å². The quantitative estimate of drug-likeness (QED) is 0.477. The number of hydrogen-bond acceptors (Lipinski definition) is 4. The van der Waals surface area contributed by atoms with Crippen LogP contribution >= 0.6 is 15.9 Å². The Labute approximate surface area is 115 Å². The number of likely N-dealkylation sites (N-methyl/N-ethyl adjacent to an activating group) is 1. The van der Waals surface area contributed by atoms with Crippen LogP contribution in [-0.4, -0.2) is 36.5 Å². The lowest BCUT2D eigenvalue weighted by molar-refractivity contribution is -0.384. The SMILES string of the molecule is CCN(C)CCNCc1ccc([N+](=O)[O-])cc1Br. The number of rotatable bonds is 7. The number of nitro benzene ring substituents is 1. The van der Waals surface area contributed by atoms with Crippen LogP contribution in [0, 0.1) is 10.1 Å².